The normalized spacial score (nSPS) is 14.9. The van der Waals surface area contributed by atoms with Crippen LogP contribution in [-0.2, 0) is 4.79 Å². The Balaban J connectivity index is 2.44. The molecule has 6 nitrogen and oxygen atoms in total. The molecule has 0 unspecified atom stereocenters. The molecule has 1 heterocycles. The van der Waals surface area contributed by atoms with E-state index >= 15 is 0 Å². The van der Waals surface area contributed by atoms with E-state index in [1.54, 1.807) is 6.92 Å². The number of hydrogen-bond acceptors (Lipinski definition) is 3. The lowest BCUT2D eigenvalue weighted by Gasteiger charge is -2.19. The van der Waals surface area contributed by atoms with Gasteiger partial charge in [0.25, 0.3) is 0 Å². The Labute approximate surface area is 125 Å². The first-order chi connectivity index (χ1) is 9.83. The van der Waals surface area contributed by atoms with Gasteiger partial charge in [-0.15, -0.1) is 0 Å². The number of carbonyl (C=O) groups excluding carboxylic acids is 2. The summed E-state index contributed by atoms with van der Waals surface area (Å²) in [5.74, 6) is 1.28. The van der Waals surface area contributed by atoms with Crippen LogP contribution in [0.4, 0.5) is 4.79 Å². The smallest absolute Gasteiger partial charge is 0.316 e. The third-order valence-corrected chi connectivity index (χ3v) is 3.28. The van der Waals surface area contributed by atoms with Crippen LogP contribution in [0.25, 0.3) is 0 Å². The van der Waals surface area contributed by atoms with Crippen molar-refractivity contribution in [2.45, 2.75) is 59.2 Å². The van der Waals surface area contributed by atoms with Crippen LogP contribution in [0.2, 0.25) is 0 Å². The molecule has 21 heavy (non-hydrogen) atoms. The maximum atomic E-state index is 11.9. The van der Waals surface area contributed by atoms with Crippen molar-refractivity contribution in [1.82, 2.24) is 16.0 Å². The Morgan fingerprint density at radius 1 is 1.14 bits per heavy atom. The topological polar surface area (TPSA) is 83.4 Å². The van der Waals surface area contributed by atoms with E-state index in [1.807, 2.05) is 39.8 Å². The van der Waals surface area contributed by atoms with Gasteiger partial charge in [0.15, 0.2) is 0 Å². The first-order valence-corrected chi connectivity index (χ1v) is 7.27. The molecule has 0 saturated carbocycles. The second-order valence-electron chi connectivity index (χ2n) is 5.33. The maximum Gasteiger partial charge on any atom is 0.316 e. The van der Waals surface area contributed by atoms with Crippen LogP contribution >= 0.6 is 0 Å². The molecule has 0 saturated heterocycles. The van der Waals surface area contributed by atoms with E-state index in [0.717, 1.165) is 12.2 Å². The van der Waals surface area contributed by atoms with Gasteiger partial charge in [-0.25, -0.2) is 4.79 Å². The van der Waals surface area contributed by atoms with Gasteiger partial charge in [0.1, 0.15) is 17.6 Å². The molecular formula is C15H25N3O3. The highest BCUT2D eigenvalue weighted by molar-refractivity contribution is 5.86. The molecule has 0 radical (unpaired) electrons. The van der Waals surface area contributed by atoms with E-state index < -0.39 is 12.1 Å². The standard InChI is InChI=1S/C15H25N3O3/c1-6-9(2)16-14(19)12(5)18-15(20)17-11(4)13-8-7-10(3)21-13/h7-9,11-12H,6H2,1-5H3,(H,16,19)(H2,17,18,20)/t9-,11+,12+/m0/s1. The fourth-order valence-corrected chi connectivity index (χ4v) is 1.73. The molecule has 0 bridgehead atoms. The highest BCUT2D eigenvalue weighted by Crippen LogP contribution is 2.15. The van der Waals surface area contributed by atoms with Crippen LogP contribution in [0.15, 0.2) is 16.5 Å². The SMILES string of the molecule is CC[C@H](C)NC(=O)[C@@H](C)NC(=O)N[C@H](C)c1ccc(C)o1. The molecule has 1 rings (SSSR count). The lowest BCUT2D eigenvalue weighted by molar-refractivity contribution is -0.123. The van der Waals surface area contributed by atoms with Gasteiger partial charge in [-0.2, -0.15) is 0 Å². The van der Waals surface area contributed by atoms with Crippen molar-refractivity contribution in [2.75, 3.05) is 0 Å². The van der Waals surface area contributed by atoms with Crippen LogP contribution in [0.3, 0.4) is 0 Å². The molecule has 0 aromatic carbocycles. The number of rotatable bonds is 6. The second-order valence-corrected chi connectivity index (χ2v) is 5.33. The molecule has 0 spiro atoms. The predicted octanol–water partition coefficient (Wildman–Crippen LogP) is 2.25. The zero-order valence-electron chi connectivity index (χ0n) is 13.3. The highest BCUT2D eigenvalue weighted by Gasteiger charge is 2.19. The summed E-state index contributed by atoms with van der Waals surface area (Å²) in [4.78, 5) is 23.7. The van der Waals surface area contributed by atoms with E-state index in [-0.39, 0.29) is 18.0 Å². The molecule has 0 aliphatic rings. The minimum absolute atomic E-state index is 0.0924. The van der Waals surface area contributed by atoms with E-state index in [1.165, 1.54) is 0 Å². The Morgan fingerprint density at radius 3 is 2.33 bits per heavy atom. The van der Waals surface area contributed by atoms with E-state index in [2.05, 4.69) is 16.0 Å². The zero-order valence-corrected chi connectivity index (χ0v) is 13.3. The van der Waals surface area contributed by atoms with E-state index in [0.29, 0.717) is 5.76 Å². The number of furan rings is 1. The van der Waals surface area contributed by atoms with Crippen molar-refractivity contribution in [2.24, 2.45) is 0 Å². The summed E-state index contributed by atoms with van der Waals surface area (Å²) in [5.41, 5.74) is 0. The first kappa shape index (κ1) is 17.1. The summed E-state index contributed by atoms with van der Waals surface area (Å²) in [7, 11) is 0. The largest absolute Gasteiger partial charge is 0.464 e. The van der Waals surface area contributed by atoms with Crippen molar-refractivity contribution in [3.63, 3.8) is 0 Å². The summed E-state index contributed by atoms with van der Waals surface area (Å²) < 4.78 is 5.44. The van der Waals surface area contributed by atoms with Gasteiger partial charge in [-0.1, -0.05) is 6.92 Å². The van der Waals surface area contributed by atoms with Crippen LogP contribution in [0, 0.1) is 6.92 Å². The van der Waals surface area contributed by atoms with Crippen LogP contribution in [0.5, 0.6) is 0 Å². The summed E-state index contributed by atoms with van der Waals surface area (Å²) in [5, 5.41) is 8.17. The number of hydrogen-bond donors (Lipinski definition) is 3. The Bertz CT molecular complexity index is 484. The lowest BCUT2D eigenvalue weighted by atomic mass is 10.2. The Kier molecular flexibility index (Phi) is 6.27. The summed E-state index contributed by atoms with van der Waals surface area (Å²) in [6.45, 7) is 9.23. The summed E-state index contributed by atoms with van der Waals surface area (Å²) in [6, 6.07) is 2.50. The molecule has 3 N–H and O–H groups in total. The van der Waals surface area contributed by atoms with Crippen molar-refractivity contribution >= 4 is 11.9 Å². The summed E-state index contributed by atoms with van der Waals surface area (Å²) in [6.07, 6.45) is 0.847. The minimum atomic E-state index is -0.593. The van der Waals surface area contributed by atoms with Gasteiger partial charge in [0, 0.05) is 6.04 Å². The van der Waals surface area contributed by atoms with Gasteiger partial charge >= 0.3 is 6.03 Å². The third-order valence-electron chi connectivity index (χ3n) is 3.28. The molecule has 0 fully saturated rings. The summed E-state index contributed by atoms with van der Waals surface area (Å²) >= 11 is 0. The number of urea groups is 1. The Morgan fingerprint density at radius 2 is 1.81 bits per heavy atom. The fourth-order valence-electron chi connectivity index (χ4n) is 1.73. The van der Waals surface area contributed by atoms with Gasteiger partial charge in [-0.05, 0) is 46.2 Å². The van der Waals surface area contributed by atoms with Gasteiger partial charge in [-0.3, -0.25) is 4.79 Å². The molecule has 3 atom stereocenters. The molecule has 6 heteroatoms. The maximum absolute atomic E-state index is 11.9. The fraction of sp³-hybridized carbons (Fsp3) is 0.600. The number of aryl methyl sites for hydroxylation is 1. The molecule has 3 amide bonds. The minimum Gasteiger partial charge on any atom is -0.464 e. The molecule has 118 valence electrons. The molecule has 0 aliphatic carbocycles. The van der Waals surface area contributed by atoms with Crippen molar-refractivity contribution in [1.29, 1.82) is 0 Å². The lowest BCUT2D eigenvalue weighted by Crippen LogP contribution is -2.50. The van der Waals surface area contributed by atoms with Gasteiger partial charge < -0.3 is 20.4 Å². The van der Waals surface area contributed by atoms with Crippen molar-refractivity contribution < 1.29 is 14.0 Å². The van der Waals surface area contributed by atoms with E-state index in [4.69, 9.17) is 4.42 Å². The zero-order chi connectivity index (χ0) is 16.0. The predicted molar refractivity (Wildman–Crippen MR) is 80.9 cm³/mol. The van der Waals surface area contributed by atoms with Gasteiger partial charge in [0.05, 0.1) is 6.04 Å². The average molecular weight is 295 g/mol. The van der Waals surface area contributed by atoms with E-state index in [9.17, 15) is 9.59 Å². The van der Waals surface area contributed by atoms with Crippen LogP contribution < -0.4 is 16.0 Å². The molecule has 1 aromatic rings. The molecular weight excluding hydrogens is 270 g/mol. The Hall–Kier alpha value is -1.98. The molecule has 0 aliphatic heterocycles. The number of carbonyl (C=O) groups is 2. The second kappa shape index (κ2) is 7.71. The first-order valence-electron chi connectivity index (χ1n) is 7.27. The third kappa shape index (κ3) is 5.49. The van der Waals surface area contributed by atoms with Crippen LogP contribution in [0.1, 0.15) is 51.7 Å². The monoisotopic (exact) mass is 295 g/mol. The van der Waals surface area contributed by atoms with Crippen LogP contribution in [-0.4, -0.2) is 24.0 Å². The molecule has 1 aromatic heterocycles. The highest BCUT2D eigenvalue weighted by atomic mass is 16.3. The average Bonchev–Trinajstić information content (AvgIpc) is 2.84. The number of amides is 3. The van der Waals surface area contributed by atoms with Crippen molar-refractivity contribution in [3.8, 4) is 0 Å². The van der Waals surface area contributed by atoms with Crippen molar-refractivity contribution in [3.05, 3.63) is 23.7 Å². The van der Waals surface area contributed by atoms with Gasteiger partial charge in [0.2, 0.25) is 5.91 Å². The number of nitrogens with one attached hydrogen (secondary N) is 3. The quantitative estimate of drug-likeness (QED) is 0.752.